The summed E-state index contributed by atoms with van der Waals surface area (Å²) in [5.41, 5.74) is 0.189. The second-order valence-corrected chi connectivity index (χ2v) is 6.26. The van der Waals surface area contributed by atoms with Gasteiger partial charge in [-0.1, -0.05) is 15.9 Å². The standard InChI is InChI=1S/C15H20BrNO4/c1-15(14(18)19)5-4-6-17(15)9-10-7-12(20-2)13(21-3)8-11(10)16/h7-8H,4-6,9H2,1-3H3,(H,18,19). The Bertz CT molecular complexity index is 549. The van der Waals surface area contributed by atoms with E-state index in [-0.39, 0.29) is 0 Å². The summed E-state index contributed by atoms with van der Waals surface area (Å²) in [4.78, 5) is 13.5. The molecule has 0 bridgehead atoms. The molecule has 1 heterocycles. The first-order valence-electron chi connectivity index (χ1n) is 6.81. The molecule has 21 heavy (non-hydrogen) atoms. The number of carboxylic acids is 1. The molecule has 0 saturated carbocycles. The number of rotatable bonds is 5. The first-order chi connectivity index (χ1) is 9.92. The van der Waals surface area contributed by atoms with Crippen molar-refractivity contribution in [3.8, 4) is 11.5 Å². The molecule has 1 N–H and O–H groups in total. The topological polar surface area (TPSA) is 59.0 Å². The van der Waals surface area contributed by atoms with Crippen molar-refractivity contribution in [3.63, 3.8) is 0 Å². The molecule has 0 spiro atoms. The first kappa shape index (κ1) is 16.1. The van der Waals surface area contributed by atoms with Gasteiger partial charge in [0.2, 0.25) is 0 Å². The lowest BCUT2D eigenvalue weighted by atomic mass is 9.99. The van der Waals surface area contributed by atoms with Gasteiger partial charge in [-0.25, -0.2) is 0 Å². The van der Waals surface area contributed by atoms with Gasteiger partial charge in [0.15, 0.2) is 11.5 Å². The van der Waals surface area contributed by atoms with Crippen LogP contribution in [0.4, 0.5) is 0 Å². The smallest absolute Gasteiger partial charge is 0.323 e. The predicted molar refractivity (Wildman–Crippen MR) is 82.9 cm³/mol. The lowest BCUT2D eigenvalue weighted by Crippen LogP contribution is -2.47. The predicted octanol–water partition coefficient (Wildman–Crippen LogP) is 2.91. The highest BCUT2D eigenvalue weighted by atomic mass is 79.9. The summed E-state index contributed by atoms with van der Waals surface area (Å²) in [6, 6.07) is 3.74. The SMILES string of the molecule is COc1cc(Br)c(CN2CCCC2(C)C(=O)O)cc1OC. The van der Waals surface area contributed by atoms with Crippen LogP contribution in [-0.2, 0) is 11.3 Å². The third-order valence-electron chi connectivity index (χ3n) is 4.16. The summed E-state index contributed by atoms with van der Waals surface area (Å²) in [6.07, 6.45) is 1.57. The zero-order chi connectivity index (χ0) is 15.6. The van der Waals surface area contributed by atoms with Crippen LogP contribution in [0.5, 0.6) is 11.5 Å². The van der Waals surface area contributed by atoms with Crippen molar-refractivity contribution >= 4 is 21.9 Å². The number of ether oxygens (including phenoxy) is 2. The van der Waals surface area contributed by atoms with E-state index in [9.17, 15) is 9.90 Å². The van der Waals surface area contributed by atoms with Crippen molar-refractivity contribution in [3.05, 3.63) is 22.2 Å². The summed E-state index contributed by atoms with van der Waals surface area (Å²) in [5, 5.41) is 9.48. The van der Waals surface area contributed by atoms with Gasteiger partial charge in [0.25, 0.3) is 0 Å². The Labute approximate surface area is 133 Å². The van der Waals surface area contributed by atoms with Gasteiger partial charge < -0.3 is 14.6 Å². The van der Waals surface area contributed by atoms with Crippen LogP contribution in [0.2, 0.25) is 0 Å². The number of aliphatic carboxylic acids is 1. The van der Waals surface area contributed by atoms with Crippen LogP contribution in [0.25, 0.3) is 0 Å². The lowest BCUT2D eigenvalue weighted by Gasteiger charge is -2.31. The van der Waals surface area contributed by atoms with E-state index in [1.54, 1.807) is 21.1 Å². The molecule has 1 atom stereocenters. The Morgan fingerprint density at radius 2 is 2.00 bits per heavy atom. The van der Waals surface area contributed by atoms with Crippen molar-refractivity contribution < 1.29 is 19.4 Å². The van der Waals surface area contributed by atoms with E-state index in [4.69, 9.17) is 9.47 Å². The van der Waals surface area contributed by atoms with Gasteiger partial charge in [-0.15, -0.1) is 0 Å². The molecule has 6 heteroatoms. The van der Waals surface area contributed by atoms with Crippen molar-refractivity contribution in [1.29, 1.82) is 0 Å². The molecule has 1 aromatic rings. The number of nitrogens with zero attached hydrogens (tertiary/aromatic N) is 1. The minimum absolute atomic E-state index is 0.559. The average molecular weight is 358 g/mol. The van der Waals surface area contributed by atoms with Crippen LogP contribution in [-0.4, -0.2) is 42.3 Å². The Balaban J connectivity index is 2.29. The van der Waals surface area contributed by atoms with E-state index < -0.39 is 11.5 Å². The second kappa shape index (κ2) is 6.23. The Morgan fingerprint density at radius 3 is 2.57 bits per heavy atom. The maximum atomic E-state index is 11.5. The van der Waals surface area contributed by atoms with Gasteiger partial charge in [-0.05, 0) is 44.0 Å². The Morgan fingerprint density at radius 1 is 1.38 bits per heavy atom. The molecule has 2 rings (SSSR count). The molecule has 0 amide bonds. The number of methoxy groups -OCH3 is 2. The van der Waals surface area contributed by atoms with Gasteiger partial charge in [-0.2, -0.15) is 0 Å². The number of halogens is 1. The molecule has 0 aromatic heterocycles. The monoisotopic (exact) mass is 357 g/mol. The van der Waals surface area contributed by atoms with Gasteiger partial charge >= 0.3 is 5.97 Å². The number of carbonyl (C=O) groups is 1. The van der Waals surface area contributed by atoms with E-state index in [0.717, 1.165) is 23.0 Å². The highest BCUT2D eigenvalue weighted by Crippen LogP contribution is 2.37. The van der Waals surface area contributed by atoms with E-state index >= 15 is 0 Å². The molecule has 1 aromatic carbocycles. The third-order valence-corrected chi connectivity index (χ3v) is 4.90. The molecule has 1 unspecified atom stereocenters. The van der Waals surface area contributed by atoms with Crippen molar-refractivity contribution in [1.82, 2.24) is 4.90 Å². The van der Waals surface area contributed by atoms with Gasteiger partial charge in [0.1, 0.15) is 5.54 Å². The largest absolute Gasteiger partial charge is 0.493 e. The molecule has 1 fully saturated rings. The Kier molecular flexibility index (Phi) is 4.78. The third kappa shape index (κ3) is 3.01. The summed E-state index contributed by atoms with van der Waals surface area (Å²) < 4.78 is 11.5. The zero-order valence-corrected chi connectivity index (χ0v) is 14.1. The molecule has 1 aliphatic rings. The number of hydrogen-bond acceptors (Lipinski definition) is 4. The van der Waals surface area contributed by atoms with Crippen molar-refractivity contribution in [2.24, 2.45) is 0 Å². The van der Waals surface area contributed by atoms with Crippen LogP contribution >= 0.6 is 15.9 Å². The highest BCUT2D eigenvalue weighted by Gasteiger charge is 2.43. The van der Waals surface area contributed by atoms with Crippen LogP contribution in [0.15, 0.2) is 16.6 Å². The van der Waals surface area contributed by atoms with Crippen LogP contribution in [0.1, 0.15) is 25.3 Å². The first-order valence-corrected chi connectivity index (χ1v) is 7.60. The fourth-order valence-electron chi connectivity index (χ4n) is 2.74. The van der Waals surface area contributed by atoms with Crippen molar-refractivity contribution in [2.75, 3.05) is 20.8 Å². The summed E-state index contributed by atoms with van der Waals surface area (Å²) in [5.74, 6) is 0.527. The molecule has 5 nitrogen and oxygen atoms in total. The summed E-state index contributed by atoms with van der Waals surface area (Å²) in [6.45, 7) is 3.13. The summed E-state index contributed by atoms with van der Waals surface area (Å²) >= 11 is 3.52. The molecule has 1 saturated heterocycles. The van der Waals surface area contributed by atoms with E-state index in [1.165, 1.54) is 0 Å². The van der Waals surface area contributed by atoms with E-state index in [0.29, 0.717) is 24.5 Å². The molecule has 0 aliphatic carbocycles. The fourth-order valence-corrected chi connectivity index (χ4v) is 3.19. The van der Waals surface area contributed by atoms with E-state index in [2.05, 4.69) is 15.9 Å². The Hall–Kier alpha value is -1.27. The quantitative estimate of drug-likeness (QED) is 0.877. The van der Waals surface area contributed by atoms with Gasteiger partial charge in [-0.3, -0.25) is 9.69 Å². The van der Waals surface area contributed by atoms with Crippen LogP contribution < -0.4 is 9.47 Å². The number of hydrogen-bond donors (Lipinski definition) is 1. The van der Waals surface area contributed by atoms with Gasteiger partial charge in [0.05, 0.1) is 14.2 Å². The number of likely N-dealkylation sites (tertiary alicyclic amines) is 1. The van der Waals surface area contributed by atoms with Crippen LogP contribution in [0, 0.1) is 0 Å². The lowest BCUT2D eigenvalue weighted by molar-refractivity contribution is -0.148. The zero-order valence-electron chi connectivity index (χ0n) is 12.5. The molecule has 0 radical (unpaired) electrons. The maximum Gasteiger partial charge on any atom is 0.323 e. The van der Waals surface area contributed by atoms with Crippen molar-refractivity contribution in [2.45, 2.75) is 31.8 Å². The van der Waals surface area contributed by atoms with Crippen LogP contribution in [0.3, 0.4) is 0 Å². The number of benzene rings is 1. The second-order valence-electron chi connectivity index (χ2n) is 5.40. The minimum atomic E-state index is -0.799. The normalized spacial score (nSPS) is 22.3. The maximum absolute atomic E-state index is 11.5. The summed E-state index contributed by atoms with van der Waals surface area (Å²) in [7, 11) is 3.18. The molecule has 1 aliphatic heterocycles. The fraction of sp³-hybridized carbons (Fsp3) is 0.533. The molecular formula is C15H20BrNO4. The molecular weight excluding hydrogens is 338 g/mol. The average Bonchev–Trinajstić information content (AvgIpc) is 2.83. The van der Waals surface area contributed by atoms with E-state index in [1.807, 2.05) is 17.0 Å². The minimum Gasteiger partial charge on any atom is -0.493 e. The van der Waals surface area contributed by atoms with Gasteiger partial charge in [0, 0.05) is 11.0 Å². The highest BCUT2D eigenvalue weighted by molar-refractivity contribution is 9.10. The number of carboxylic acid groups (broad SMARTS) is 1. The molecule has 116 valence electrons.